The fraction of sp³-hybridized carbons (Fsp3) is 0.667. The van der Waals surface area contributed by atoms with Crippen LogP contribution in [0.4, 0.5) is 0 Å². The van der Waals surface area contributed by atoms with Gasteiger partial charge in [-0.2, -0.15) is 0 Å². The molecule has 0 aromatic heterocycles. The summed E-state index contributed by atoms with van der Waals surface area (Å²) in [6.45, 7) is 2.35. The summed E-state index contributed by atoms with van der Waals surface area (Å²) in [6, 6.07) is 0. The summed E-state index contributed by atoms with van der Waals surface area (Å²) >= 11 is 0. The number of fused-ring (bicyclic) bond motifs is 1. The molecule has 0 aromatic rings. The first kappa shape index (κ1) is 6.89. The lowest BCUT2D eigenvalue weighted by Gasteiger charge is -2.26. The Morgan fingerprint density at radius 3 is 2.64 bits per heavy atom. The molecule has 1 fully saturated rings. The van der Waals surface area contributed by atoms with Crippen LogP contribution in [0.1, 0.15) is 25.7 Å². The normalized spacial score (nSPS) is 23.8. The van der Waals surface area contributed by atoms with Crippen molar-refractivity contribution in [1.82, 2.24) is 4.90 Å². The molecule has 1 saturated heterocycles. The van der Waals surface area contributed by atoms with Crippen LogP contribution in [-0.4, -0.2) is 24.3 Å². The molecule has 0 aromatic carbocycles. The van der Waals surface area contributed by atoms with Crippen LogP contribution < -0.4 is 0 Å². The Bertz CT molecular complexity index is 208. The minimum absolute atomic E-state index is 1.01. The Labute approximate surface area is 66.9 Å². The summed E-state index contributed by atoms with van der Waals surface area (Å²) in [5.74, 6) is 0. The number of nitrogens with zero attached hydrogens (tertiary/aromatic N) is 1. The van der Waals surface area contributed by atoms with E-state index in [1.54, 1.807) is 0 Å². The van der Waals surface area contributed by atoms with Crippen molar-refractivity contribution in [3.8, 4) is 0 Å². The second-order valence-corrected chi connectivity index (χ2v) is 3.28. The maximum Gasteiger partial charge on any atom is 0.147 e. The minimum Gasteiger partial charge on any atom is -0.374 e. The average molecular weight is 151 g/mol. The van der Waals surface area contributed by atoms with Gasteiger partial charge < -0.3 is 4.90 Å². The number of allylic oxidation sites excluding steroid dienone is 2. The first-order valence-corrected chi connectivity index (χ1v) is 4.34. The van der Waals surface area contributed by atoms with Crippen molar-refractivity contribution < 1.29 is 4.79 Å². The molecule has 0 N–H and O–H groups in total. The predicted molar refractivity (Wildman–Crippen MR) is 43.1 cm³/mol. The van der Waals surface area contributed by atoms with Crippen molar-refractivity contribution in [2.24, 2.45) is 0 Å². The number of aldehydes is 1. The lowest BCUT2D eigenvalue weighted by Crippen LogP contribution is -2.24. The van der Waals surface area contributed by atoms with Crippen LogP contribution in [0.15, 0.2) is 11.3 Å². The van der Waals surface area contributed by atoms with Crippen molar-refractivity contribution in [1.29, 1.82) is 0 Å². The fourth-order valence-electron chi connectivity index (χ4n) is 2.07. The highest BCUT2D eigenvalue weighted by molar-refractivity contribution is 5.74. The summed E-state index contributed by atoms with van der Waals surface area (Å²) < 4.78 is 0. The highest BCUT2D eigenvalue weighted by atomic mass is 16.1. The zero-order valence-corrected chi connectivity index (χ0v) is 6.68. The van der Waals surface area contributed by atoms with Gasteiger partial charge in [0.05, 0.1) is 0 Å². The average Bonchev–Trinajstić information content (AvgIpc) is 2.50. The van der Waals surface area contributed by atoms with E-state index < -0.39 is 0 Å². The molecule has 0 bridgehead atoms. The summed E-state index contributed by atoms with van der Waals surface area (Å²) in [4.78, 5) is 13.0. The fourth-order valence-corrected chi connectivity index (χ4v) is 2.07. The third-order valence-electron chi connectivity index (χ3n) is 2.61. The number of rotatable bonds is 1. The van der Waals surface area contributed by atoms with Gasteiger partial charge >= 0.3 is 0 Å². The van der Waals surface area contributed by atoms with Gasteiger partial charge in [0.15, 0.2) is 0 Å². The molecule has 0 saturated carbocycles. The molecule has 0 amide bonds. The summed E-state index contributed by atoms with van der Waals surface area (Å²) in [5, 5.41) is 0. The molecule has 2 rings (SSSR count). The second kappa shape index (κ2) is 2.68. The number of carbonyl (C=O) groups excluding carboxylic acids is 1. The Morgan fingerprint density at radius 1 is 1.18 bits per heavy atom. The molecule has 0 unspecified atom stereocenters. The smallest absolute Gasteiger partial charge is 0.147 e. The molecule has 2 aliphatic heterocycles. The first-order valence-electron chi connectivity index (χ1n) is 4.34. The number of hydrogen-bond donors (Lipinski definition) is 0. The molecule has 0 atom stereocenters. The van der Waals surface area contributed by atoms with Gasteiger partial charge in [-0.3, -0.25) is 4.79 Å². The van der Waals surface area contributed by atoms with Gasteiger partial charge in [-0.25, -0.2) is 0 Å². The maximum atomic E-state index is 10.6. The van der Waals surface area contributed by atoms with E-state index in [1.165, 1.54) is 25.2 Å². The van der Waals surface area contributed by atoms with E-state index in [4.69, 9.17) is 0 Å². The SMILES string of the molecule is O=CC1=C2CCCN2CCC1. The molecular formula is C9H13NO. The van der Waals surface area contributed by atoms with Crippen molar-refractivity contribution in [2.45, 2.75) is 25.7 Å². The highest BCUT2D eigenvalue weighted by Gasteiger charge is 2.23. The van der Waals surface area contributed by atoms with Crippen molar-refractivity contribution >= 4 is 6.29 Å². The first-order chi connectivity index (χ1) is 5.42. The molecular weight excluding hydrogens is 138 g/mol. The topological polar surface area (TPSA) is 20.3 Å². The maximum absolute atomic E-state index is 10.6. The summed E-state index contributed by atoms with van der Waals surface area (Å²) in [5.41, 5.74) is 2.40. The largest absolute Gasteiger partial charge is 0.374 e. The molecule has 2 heterocycles. The van der Waals surface area contributed by atoms with Gasteiger partial charge in [-0.1, -0.05) is 0 Å². The Hall–Kier alpha value is -0.790. The van der Waals surface area contributed by atoms with Gasteiger partial charge in [-0.05, 0) is 25.7 Å². The second-order valence-electron chi connectivity index (χ2n) is 3.28. The molecule has 2 nitrogen and oxygen atoms in total. The van der Waals surface area contributed by atoms with E-state index >= 15 is 0 Å². The van der Waals surface area contributed by atoms with Gasteiger partial charge in [0.1, 0.15) is 6.29 Å². The number of carbonyl (C=O) groups is 1. The molecule has 60 valence electrons. The zero-order valence-electron chi connectivity index (χ0n) is 6.68. The van der Waals surface area contributed by atoms with Crippen LogP contribution in [-0.2, 0) is 4.79 Å². The van der Waals surface area contributed by atoms with Crippen LogP contribution in [0, 0.1) is 0 Å². The quantitative estimate of drug-likeness (QED) is 0.527. The highest BCUT2D eigenvalue weighted by Crippen LogP contribution is 2.29. The Morgan fingerprint density at radius 2 is 1.91 bits per heavy atom. The van der Waals surface area contributed by atoms with Gasteiger partial charge in [0, 0.05) is 24.4 Å². The number of hydrogen-bond acceptors (Lipinski definition) is 2. The third-order valence-corrected chi connectivity index (χ3v) is 2.61. The van der Waals surface area contributed by atoms with Crippen molar-refractivity contribution in [3.63, 3.8) is 0 Å². The van der Waals surface area contributed by atoms with E-state index in [1.807, 2.05) is 0 Å². The van der Waals surface area contributed by atoms with Crippen molar-refractivity contribution in [3.05, 3.63) is 11.3 Å². The van der Waals surface area contributed by atoms with E-state index in [9.17, 15) is 4.79 Å². The van der Waals surface area contributed by atoms with Crippen LogP contribution in [0.5, 0.6) is 0 Å². The van der Waals surface area contributed by atoms with E-state index in [0.29, 0.717) is 0 Å². The molecule has 2 aliphatic rings. The van der Waals surface area contributed by atoms with Crippen LogP contribution in [0.25, 0.3) is 0 Å². The van der Waals surface area contributed by atoms with E-state index in [-0.39, 0.29) is 0 Å². The van der Waals surface area contributed by atoms with E-state index in [0.717, 1.165) is 31.1 Å². The third kappa shape index (κ3) is 1.06. The minimum atomic E-state index is 1.01. The lowest BCUT2D eigenvalue weighted by atomic mass is 10.0. The van der Waals surface area contributed by atoms with Gasteiger partial charge in [0.25, 0.3) is 0 Å². The molecule has 0 spiro atoms. The Kier molecular flexibility index (Phi) is 1.68. The van der Waals surface area contributed by atoms with Crippen molar-refractivity contribution in [2.75, 3.05) is 13.1 Å². The lowest BCUT2D eigenvalue weighted by molar-refractivity contribution is -0.105. The van der Waals surface area contributed by atoms with Crippen LogP contribution in [0.2, 0.25) is 0 Å². The van der Waals surface area contributed by atoms with Gasteiger partial charge in [0.2, 0.25) is 0 Å². The van der Waals surface area contributed by atoms with Gasteiger partial charge in [-0.15, -0.1) is 0 Å². The van der Waals surface area contributed by atoms with E-state index in [2.05, 4.69) is 4.90 Å². The van der Waals surface area contributed by atoms with Crippen LogP contribution >= 0.6 is 0 Å². The Balaban J connectivity index is 2.29. The monoisotopic (exact) mass is 151 g/mol. The van der Waals surface area contributed by atoms with Crippen LogP contribution in [0.3, 0.4) is 0 Å². The summed E-state index contributed by atoms with van der Waals surface area (Å²) in [6.07, 6.45) is 5.60. The standard InChI is InChI=1S/C9H13NO/c11-7-8-3-1-5-10-6-2-4-9(8)10/h7H,1-6H2. The molecule has 0 aliphatic carbocycles. The molecule has 11 heavy (non-hydrogen) atoms. The predicted octanol–water partition coefficient (Wildman–Crippen LogP) is 1.33. The summed E-state index contributed by atoms with van der Waals surface area (Å²) in [7, 11) is 0. The zero-order chi connectivity index (χ0) is 7.68. The molecule has 0 radical (unpaired) electrons. The molecule has 2 heteroatoms.